The molecular formula is C15H9BrClFIN3O. The summed E-state index contributed by atoms with van der Waals surface area (Å²) >= 11 is 11.6. The average molecular weight is 509 g/mol. The first kappa shape index (κ1) is 16.7. The highest BCUT2D eigenvalue weighted by Crippen LogP contribution is 2.36. The number of rotatable bonds is 2. The number of carbonyl (C=O) groups excluding carboxylic acids is 1. The van der Waals surface area contributed by atoms with Crippen molar-refractivity contribution in [3.63, 3.8) is 0 Å². The summed E-state index contributed by atoms with van der Waals surface area (Å²) in [5.41, 5.74) is 7.38. The first-order valence-corrected chi connectivity index (χ1v) is 8.66. The monoisotopic (exact) mass is 507 g/mol. The molecule has 1 aromatic heterocycles. The maximum atomic E-state index is 13.5. The van der Waals surface area contributed by atoms with Crippen LogP contribution in [0.2, 0.25) is 5.02 Å². The Balaban J connectivity index is 2.29. The summed E-state index contributed by atoms with van der Waals surface area (Å²) < 4.78 is 16.4. The number of hydrogen-bond donors (Lipinski definition) is 1. The summed E-state index contributed by atoms with van der Waals surface area (Å²) in [6.45, 7) is 0. The van der Waals surface area contributed by atoms with Crippen LogP contribution in [0, 0.1) is 9.52 Å². The van der Waals surface area contributed by atoms with Gasteiger partial charge in [0.15, 0.2) is 5.78 Å². The van der Waals surface area contributed by atoms with Crippen LogP contribution in [0.5, 0.6) is 0 Å². The molecular weight excluding hydrogens is 499 g/mol. The minimum absolute atomic E-state index is 0.0651. The van der Waals surface area contributed by atoms with Crippen LogP contribution in [0.4, 0.5) is 10.1 Å². The number of nitrogen functional groups attached to an aromatic ring is 1. The Kier molecular flexibility index (Phi) is 4.37. The highest BCUT2D eigenvalue weighted by atomic mass is 127. The van der Waals surface area contributed by atoms with Gasteiger partial charge in [-0.15, -0.1) is 0 Å². The lowest BCUT2D eigenvalue weighted by Gasteiger charge is -2.11. The molecule has 2 aromatic carbocycles. The first-order chi connectivity index (χ1) is 10.8. The van der Waals surface area contributed by atoms with Crippen LogP contribution < -0.4 is 5.73 Å². The Morgan fingerprint density at radius 2 is 2.13 bits per heavy atom. The zero-order valence-corrected chi connectivity index (χ0v) is 16.2. The average Bonchev–Trinajstić information content (AvgIpc) is 2.76. The molecule has 0 fully saturated rings. The smallest absolute Gasteiger partial charge is 0.197 e. The van der Waals surface area contributed by atoms with Gasteiger partial charge < -0.3 is 5.73 Å². The molecule has 2 N–H and O–H groups in total. The molecule has 4 nitrogen and oxygen atoms in total. The predicted molar refractivity (Wildman–Crippen MR) is 100 cm³/mol. The maximum absolute atomic E-state index is 13.5. The number of ketones is 1. The molecule has 0 amide bonds. The number of nitrogens with zero attached hydrogens (tertiary/aromatic N) is 2. The molecule has 3 aromatic rings. The molecule has 0 saturated carbocycles. The minimum Gasteiger partial charge on any atom is -0.398 e. The van der Waals surface area contributed by atoms with E-state index >= 15 is 0 Å². The van der Waals surface area contributed by atoms with E-state index in [2.05, 4.69) is 43.6 Å². The third-order valence-corrected chi connectivity index (χ3v) is 5.35. The Morgan fingerprint density at radius 1 is 1.43 bits per heavy atom. The third kappa shape index (κ3) is 2.74. The van der Waals surface area contributed by atoms with Gasteiger partial charge in [-0.3, -0.25) is 9.48 Å². The van der Waals surface area contributed by atoms with Crippen LogP contribution in [-0.4, -0.2) is 15.6 Å². The van der Waals surface area contributed by atoms with Gasteiger partial charge in [0.25, 0.3) is 0 Å². The van der Waals surface area contributed by atoms with Crippen molar-refractivity contribution >= 4 is 72.5 Å². The SMILES string of the molecule is Cn1nc(I)c2cc(N)c(C(=O)c3cc(F)ccc3Cl)c(Br)c21. The minimum atomic E-state index is -0.538. The molecule has 0 unspecified atom stereocenters. The van der Waals surface area contributed by atoms with Crippen molar-refractivity contribution in [2.45, 2.75) is 0 Å². The van der Waals surface area contributed by atoms with E-state index in [0.29, 0.717) is 4.47 Å². The molecule has 0 aliphatic carbocycles. The molecule has 0 bridgehead atoms. The lowest BCUT2D eigenvalue weighted by atomic mass is 10.00. The van der Waals surface area contributed by atoms with Gasteiger partial charge in [0, 0.05) is 23.7 Å². The summed E-state index contributed by atoms with van der Waals surface area (Å²) in [5.74, 6) is -0.986. The largest absolute Gasteiger partial charge is 0.398 e. The van der Waals surface area contributed by atoms with Crippen LogP contribution in [0.25, 0.3) is 10.9 Å². The van der Waals surface area contributed by atoms with Gasteiger partial charge in [0.05, 0.1) is 20.6 Å². The number of halogens is 4. The van der Waals surface area contributed by atoms with Crippen LogP contribution in [-0.2, 0) is 7.05 Å². The van der Waals surface area contributed by atoms with E-state index in [1.807, 2.05) is 0 Å². The molecule has 1 heterocycles. The van der Waals surface area contributed by atoms with Gasteiger partial charge in [-0.1, -0.05) is 11.6 Å². The summed E-state index contributed by atoms with van der Waals surface area (Å²) in [5, 5.41) is 5.32. The second-order valence-corrected chi connectivity index (χ2v) is 7.14. The molecule has 0 atom stereocenters. The number of nitrogens with two attached hydrogens (primary N) is 1. The fraction of sp³-hybridized carbons (Fsp3) is 0.0667. The lowest BCUT2D eigenvalue weighted by molar-refractivity contribution is 0.103. The van der Waals surface area contributed by atoms with E-state index in [1.54, 1.807) is 17.8 Å². The maximum Gasteiger partial charge on any atom is 0.197 e. The quantitative estimate of drug-likeness (QED) is 0.314. The molecule has 0 aliphatic rings. The van der Waals surface area contributed by atoms with Gasteiger partial charge in [-0.2, -0.15) is 5.10 Å². The topological polar surface area (TPSA) is 60.9 Å². The highest BCUT2D eigenvalue weighted by Gasteiger charge is 2.23. The zero-order valence-electron chi connectivity index (χ0n) is 11.7. The van der Waals surface area contributed by atoms with Crippen molar-refractivity contribution in [2.75, 3.05) is 5.73 Å². The Bertz CT molecular complexity index is 973. The molecule has 3 rings (SSSR count). The number of anilines is 1. The Hall–Kier alpha value is -1.19. The summed E-state index contributed by atoms with van der Waals surface area (Å²) in [6.07, 6.45) is 0. The van der Waals surface area contributed by atoms with E-state index in [-0.39, 0.29) is 21.8 Å². The van der Waals surface area contributed by atoms with Gasteiger partial charge >= 0.3 is 0 Å². The summed E-state index contributed by atoms with van der Waals surface area (Å²) in [7, 11) is 1.77. The molecule has 8 heteroatoms. The van der Waals surface area contributed by atoms with E-state index in [1.165, 1.54) is 12.1 Å². The number of fused-ring (bicyclic) bond motifs is 1. The van der Waals surface area contributed by atoms with Crippen molar-refractivity contribution in [2.24, 2.45) is 7.05 Å². The van der Waals surface area contributed by atoms with Crippen LogP contribution in [0.3, 0.4) is 0 Å². The Labute approximate surface area is 158 Å². The number of benzene rings is 2. The van der Waals surface area contributed by atoms with Crippen LogP contribution >= 0.6 is 50.1 Å². The van der Waals surface area contributed by atoms with Crippen molar-refractivity contribution in [1.29, 1.82) is 0 Å². The molecule has 0 aliphatic heterocycles. The predicted octanol–water partition coefficient (Wildman–Crippen LogP) is 4.55. The van der Waals surface area contributed by atoms with E-state index in [4.69, 9.17) is 17.3 Å². The van der Waals surface area contributed by atoms with Crippen molar-refractivity contribution in [3.05, 3.63) is 54.4 Å². The molecule has 0 spiro atoms. The lowest BCUT2D eigenvalue weighted by Crippen LogP contribution is -2.08. The standard InChI is InChI=1S/C15H9BrClFIN3O/c1-22-13-8(15(19)21-22)5-10(20)11(12(13)16)14(23)7-4-6(18)2-3-9(7)17/h2-5H,20H2,1H3. The number of carbonyl (C=O) groups is 1. The van der Waals surface area contributed by atoms with Gasteiger partial charge in [0.2, 0.25) is 0 Å². The number of hydrogen-bond acceptors (Lipinski definition) is 3. The zero-order chi connectivity index (χ0) is 16.9. The molecule has 0 saturated heterocycles. The van der Waals surface area contributed by atoms with Crippen LogP contribution in [0.1, 0.15) is 15.9 Å². The molecule has 23 heavy (non-hydrogen) atoms. The highest BCUT2D eigenvalue weighted by molar-refractivity contribution is 14.1. The van der Waals surface area contributed by atoms with E-state index in [0.717, 1.165) is 20.7 Å². The second kappa shape index (κ2) is 6.03. The van der Waals surface area contributed by atoms with Gasteiger partial charge in [-0.05, 0) is 62.8 Å². The van der Waals surface area contributed by atoms with E-state index < -0.39 is 11.6 Å². The third-order valence-electron chi connectivity index (χ3n) is 3.45. The molecule has 0 radical (unpaired) electrons. The first-order valence-electron chi connectivity index (χ1n) is 6.41. The van der Waals surface area contributed by atoms with Crippen molar-refractivity contribution in [3.8, 4) is 0 Å². The fourth-order valence-electron chi connectivity index (χ4n) is 2.41. The van der Waals surface area contributed by atoms with Crippen molar-refractivity contribution < 1.29 is 9.18 Å². The van der Waals surface area contributed by atoms with Crippen molar-refractivity contribution in [1.82, 2.24) is 9.78 Å². The summed E-state index contributed by atoms with van der Waals surface area (Å²) in [6, 6.07) is 5.34. The van der Waals surface area contributed by atoms with Gasteiger partial charge in [0.1, 0.15) is 9.52 Å². The summed E-state index contributed by atoms with van der Waals surface area (Å²) in [4.78, 5) is 12.8. The molecule has 118 valence electrons. The normalized spacial score (nSPS) is 11.2. The fourth-order valence-corrected chi connectivity index (χ4v) is 4.22. The van der Waals surface area contributed by atoms with E-state index in [9.17, 15) is 9.18 Å². The van der Waals surface area contributed by atoms with Gasteiger partial charge in [-0.25, -0.2) is 4.39 Å². The number of aromatic nitrogens is 2. The Morgan fingerprint density at radius 3 is 2.83 bits per heavy atom. The second-order valence-electron chi connectivity index (χ2n) is 4.92. The number of aryl methyl sites for hydroxylation is 1. The van der Waals surface area contributed by atoms with Crippen LogP contribution in [0.15, 0.2) is 28.7 Å².